The van der Waals surface area contributed by atoms with Crippen LogP contribution in [0.3, 0.4) is 0 Å². The van der Waals surface area contributed by atoms with Gasteiger partial charge < -0.3 is 25.2 Å². The Bertz CT molecular complexity index is 352. The number of hydrogen-bond acceptors (Lipinski definition) is 6. The highest BCUT2D eigenvalue weighted by Crippen LogP contribution is 2.24. The number of aliphatic hydroxyl groups is 4. The third-order valence-corrected chi connectivity index (χ3v) is 3.50. The monoisotopic (exact) mass is 288 g/mol. The molecular formula is C14H24O6. The quantitative estimate of drug-likeness (QED) is 0.380. The SMILES string of the molecule is CCCCCCCCC(O)[C@H](O)[C@H]1OC(=O)C(O)=C1O. The molecule has 1 unspecified atom stereocenters. The lowest BCUT2D eigenvalue weighted by molar-refractivity contribution is -0.150. The molecule has 3 atom stereocenters. The Balaban J connectivity index is 2.30. The molecule has 0 aromatic carbocycles. The average Bonchev–Trinajstić information content (AvgIpc) is 2.69. The van der Waals surface area contributed by atoms with Gasteiger partial charge in [0.15, 0.2) is 11.9 Å². The summed E-state index contributed by atoms with van der Waals surface area (Å²) in [5, 5.41) is 38.2. The lowest BCUT2D eigenvalue weighted by Gasteiger charge is -2.22. The van der Waals surface area contributed by atoms with Gasteiger partial charge in [0.1, 0.15) is 6.10 Å². The minimum absolute atomic E-state index is 0.357. The predicted molar refractivity (Wildman–Crippen MR) is 72.2 cm³/mol. The van der Waals surface area contributed by atoms with E-state index in [1.807, 2.05) is 0 Å². The van der Waals surface area contributed by atoms with E-state index in [-0.39, 0.29) is 0 Å². The van der Waals surface area contributed by atoms with E-state index in [2.05, 4.69) is 11.7 Å². The van der Waals surface area contributed by atoms with Gasteiger partial charge in [0.2, 0.25) is 5.76 Å². The summed E-state index contributed by atoms with van der Waals surface area (Å²) in [4.78, 5) is 11.0. The Labute approximate surface area is 118 Å². The zero-order valence-electron chi connectivity index (χ0n) is 11.8. The van der Waals surface area contributed by atoms with Crippen LogP contribution >= 0.6 is 0 Å². The Kier molecular flexibility index (Phi) is 6.81. The summed E-state index contributed by atoms with van der Waals surface area (Å²) >= 11 is 0. The zero-order chi connectivity index (χ0) is 15.1. The van der Waals surface area contributed by atoms with Gasteiger partial charge in [-0.05, 0) is 6.42 Å². The van der Waals surface area contributed by atoms with Gasteiger partial charge in [0, 0.05) is 0 Å². The van der Waals surface area contributed by atoms with Gasteiger partial charge in [-0.15, -0.1) is 0 Å². The smallest absolute Gasteiger partial charge is 0.377 e. The summed E-state index contributed by atoms with van der Waals surface area (Å²) in [7, 11) is 0. The van der Waals surface area contributed by atoms with Crippen molar-refractivity contribution in [2.45, 2.75) is 70.2 Å². The number of aliphatic hydroxyl groups excluding tert-OH is 4. The van der Waals surface area contributed by atoms with Gasteiger partial charge in [-0.1, -0.05) is 45.4 Å². The second-order valence-electron chi connectivity index (χ2n) is 5.17. The number of esters is 1. The first kappa shape index (κ1) is 16.8. The third-order valence-electron chi connectivity index (χ3n) is 3.50. The maximum atomic E-state index is 11.0. The van der Waals surface area contributed by atoms with Crippen molar-refractivity contribution in [3.8, 4) is 0 Å². The fourth-order valence-electron chi connectivity index (χ4n) is 2.20. The van der Waals surface area contributed by atoms with Gasteiger partial charge in [-0.25, -0.2) is 4.79 Å². The van der Waals surface area contributed by atoms with E-state index in [9.17, 15) is 20.1 Å². The van der Waals surface area contributed by atoms with Crippen molar-refractivity contribution in [1.82, 2.24) is 0 Å². The van der Waals surface area contributed by atoms with Crippen LogP contribution in [0.4, 0.5) is 0 Å². The molecule has 20 heavy (non-hydrogen) atoms. The zero-order valence-corrected chi connectivity index (χ0v) is 11.8. The molecule has 1 rings (SSSR count). The number of hydrogen-bond donors (Lipinski definition) is 4. The van der Waals surface area contributed by atoms with E-state index in [1.54, 1.807) is 0 Å². The Morgan fingerprint density at radius 1 is 1.10 bits per heavy atom. The largest absolute Gasteiger partial charge is 0.505 e. The van der Waals surface area contributed by atoms with E-state index in [0.29, 0.717) is 6.42 Å². The van der Waals surface area contributed by atoms with Crippen LogP contribution in [0.2, 0.25) is 0 Å². The number of ether oxygens (including phenoxy) is 1. The molecule has 116 valence electrons. The summed E-state index contributed by atoms with van der Waals surface area (Å²) in [5.74, 6) is -2.70. The van der Waals surface area contributed by atoms with Crippen molar-refractivity contribution in [2.75, 3.05) is 0 Å². The van der Waals surface area contributed by atoms with Crippen LogP contribution in [0.5, 0.6) is 0 Å². The minimum Gasteiger partial charge on any atom is -0.505 e. The molecular weight excluding hydrogens is 264 g/mol. The molecule has 0 aromatic rings. The van der Waals surface area contributed by atoms with Crippen LogP contribution in [0.1, 0.15) is 51.9 Å². The van der Waals surface area contributed by atoms with Gasteiger partial charge >= 0.3 is 5.97 Å². The Hall–Kier alpha value is -1.27. The van der Waals surface area contributed by atoms with E-state index in [1.165, 1.54) is 12.8 Å². The van der Waals surface area contributed by atoms with E-state index < -0.39 is 35.8 Å². The second kappa shape index (κ2) is 8.11. The number of carbonyl (C=O) groups excluding carboxylic acids is 1. The topological polar surface area (TPSA) is 107 Å². The molecule has 6 heteroatoms. The highest BCUT2D eigenvalue weighted by Gasteiger charge is 2.41. The number of carbonyl (C=O) groups is 1. The molecule has 0 aromatic heterocycles. The molecule has 6 nitrogen and oxygen atoms in total. The molecule has 0 radical (unpaired) electrons. The maximum absolute atomic E-state index is 11.0. The molecule has 1 aliphatic heterocycles. The molecule has 0 saturated heterocycles. The Morgan fingerprint density at radius 2 is 1.70 bits per heavy atom. The van der Waals surface area contributed by atoms with Crippen molar-refractivity contribution in [1.29, 1.82) is 0 Å². The summed E-state index contributed by atoms with van der Waals surface area (Å²) in [6, 6.07) is 0. The molecule has 0 spiro atoms. The van der Waals surface area contributed by atoms with Crippen LogP contribution < -0.4 is 0 Å². The summed E-state index contributed by atoms with van der Waals surface area (Å²) in [6.45, 7) is 2.14. The van der Waals surface area contributed by atoms with Crippen molar-refractivity contribution in [2.24, 2.45) is 0 Å². The molecule has 0 amide bonds. The van der Waals surface area contributed by atoms with Crippen LogP contribution in [0.15, 0.2) is 11.5 Å². The van der Waals surface area contributed by atoms with E-state index in [0.717, 1.165) is 25.7 Å². The molecule has 0 bridgehead atoms. The summed E-state index contributed by atoms with van der Waals surface area (Å²) in [6.07, 6.45) is 2.76. The average molecular weight is 288 g/mol. The van der Waals surface area contributed by atoms with Crippen LogP contribution in [-0.2, 0) is 9.53 Å². The van der Waals surface area contributed by atoms with Crippen molar-refractivity contribution in [3.05, 3.63) is 11.5 Å². The first-order valence-corrected chi connectivity index (χ1v) is 7.18. The van der Waals surface area contributed by atoms with E-state index in [4.69, 9.17) is 5.11 Å². The van der Waals surface area contributed by atoms with Gasteiger partial charge in [0.25, 0.3) is 0 Å². The molecule has 4 N–H and O–H groups in total. The van der Waals surface area contributed by atoms with Gasteiger partial charge in [-0.3, -0.25) is 0 Å². The molecule has 0 fully saturated rings. The fourth-order valence-corrected chi connectivity index (χ4v) is 2.20. The molecule has 0 aliphatic carbocycles. The first-order chi connectivity index (χ1) is 9.49. The minimum atomic E-state index is -1.43. The highest BCUT2D eigenvalue weighted by molar-refractivity contribution is 5.89. The Morgan fingerprint density at radius 3 is 2.25 bits per heavy atom. The summed E-state index contributed by atoms with van der Waals surface area (Å²) < 4.78 is 4.61. The van der Waals surface area contributed by atoms with Gasteiger partial charge in [-0.2, -0.15) is 0 Å². The summed E-state index contributed by atoms with van der Waals surface area (Å²) in [5.41, 5.74) is 0. The first-order valence-electron chi connectivity index (χ1n) is 7.18. The third kappa shape index (κ3) is 4.38. The standard InChI is InChI=1S/C14H24O6/c1-2-3-4-5-6-7-8-9(15)10(16)13-11(17)12(18)14(19)20-13/h9-10,13,15-18H,2-8H2,1H3/t9?,10-,13+/m0/s1. The highest BCUT2D eigenvalue weighted by atomic mass is 16.6. The lowest BCUT2D eigenvalue weighted by Crippen LogP contribution is -2.39. The molecule has 1 heterocycles. The van der Waals surface area contributed by atoms with Crippen LogP contribution in [0, 0.1) is 0 Å². The number of cyclic esters (lactones) is 1. The predicted octanol–water partition coefficient (Wildman–Crippen LogP) is 1.71. The fraction of sp³-hybridized carbons (Fsp3) is 0.786. The molecule has 1 aliphatic rings. The lowest BCUT2D eigenvalue weighted by atomic mass is 10.0. The van der Waals surface area contributed by atoms with Crippen molar-refractivity contribution < 1.29 is 30.0 Å². The number of unbranched alkanes of at least 4 members (excludes halogenated alkanes) is 5. The number of rotatable bonds is 9. The van der Waals surface area contributed by atoms with Gasteiger partial charge in [0.05, 0.1) is 6.10 Å². The van der Waals surface area contributed by atoms with Crippen LogP contribution in [-0.4, -0.2) is 44.7 Å². The molecule has 0 saturated carbocycles. The maximum Gasteiger partial charge on any atom is 0.377 e. The second-order valence-corrected chi connectivity index (χ2v) is 5.17. The normalized spacial score (nSPS) is 21.9. The van der Waals surface area contributed by atoms with E-state index >= 15 is 0 Å². The van der Waals surface area contributed by atoms with Crippen molar-refractivity contribution in [3.63, 3.8) is 0 Å². The van der Waals surface area contributed by atoms with Crippen molar-refractivity contribution >= 4 is 5.97 Å². The van der Waals surface area contributed by atoms with Crippen LogP contribution in [0.25, 0.3) is 0 Å².